The number of unbranched alkanes of at least 4 members (excludes halogenated alkanes) is 2. The second-order valence-corrected chi connectivity index (χ2v) is 16.0. The first kappa shape index (κ1) is 39.1. The molecule has 59 heavy (non-hydrogen) atoms. The molecular weight excluding hydrogens is 773 g/mol. The molecule has 0 saturated carbocycles. The minimum Gasteiger partial charge on any atom is -0.385 e. The minimum absolute atomic E-state index is 0.0699. The van der Waals surface area contributed by atoms with E-state index in [-0.39, 0.29) is 35.9 Å². The number of piperazine rings is 1. The van der Waals surface area contributed by atoms with Gasteiger partial charge in [-0.3, -0.25) is 39.2 Å². The highest BCUT2D eigenvalue weighted by atomic mass is 32.1. The highest BCUT2D eigenvalue weighted by Gasteiger charge is 2.44. The lowest BCUT2D eigenvalue weighted by Crippen LogP contribution is -2.54. The summed E-state index contributed by atoms with van der Waals surface area (Å²) < 4.78 is 1.77. The van der Waals surface area contributed by atoms with Crippen molar-refractivity contribution in [1.29, 1.82) is 5.26 Å². The van der Waals surface area contributed by atoms with Gasteiger partial charge in [0.15, 0.2) is 5.01 Å². The smallest absolute Gasteiger partial charge is 0.262 e. The molecule has 2 saturated heterocycles. The maximum atomic E-state index is 13.1. The van der Waals surface area contributed by atoms with E-state index in [2.05, 4.69) is 56.1 Å². The van der Waals surface area contributed by atoms with E-state index in [1.54, 1.807) is 35.0 Å². The first-order valence-corrected chi connectivity index (χ1v) is 20.5. The molecule has 3 N–H and O–H groups in total. The van der Waals surface area contributed by atoms with Gasteiger partial charge in [-0.1, -0.05) is 17.8 Å². The highest BCUT2D eigenvalue weighted by molar-refractivity contribution is 7.18. The molecule has 1 unspecified atom stereocenters. The Kier molecular flexibility index (Phi) is 11.0. The molecule has 0 spiro atoms. The van der Waals surface area contributed by atoms with Crippen LogP contribution in [0.25, 0.3) is 27.5 Å². The van der Waals surface area contributed by atoms with Crippen molar-refractivity contribution in [3.63, 3.8) is 0 Å². The Bertz CT molecular complexity index is 2520. The van der Waals surface area contributed by atoms with Gasteiger partial charge in [0, 0.05) is 69.2 Å². The van der Waals surface area contributed by atoms with Crippen LogP contribution < -0.4 is 20.9 Å². The van der Waals surface area contributed by atoms with Crippen molar-refractivity contribution in [2.45, 2.75) is 64.5 Å². The molecule has 1 aromatic carbocycles. The Morgan fingerprint density at radius 1 is 0.949 bits per heavy atom. The van der Waals surface area contributed by atoms with Gasteiger partial charge in [0.2, 0.25) is 22.9 Å². The number of nitriles is 1. The van der Waals surface area contributed by atoms with Gasteiger partial charge in [-0.25, -0.2) is 4.52 Å². The molecule has 7 heterocycles. The van der Waals surface area contributed by atoms with Crippen LogP contribution >= 0.6 is 11.3 Å². The first-order chi connectivity index (χ1) is 28.6. The Morgan fingerprint density at radius 3 is 2.54 bits per heavy atom. The number of imide groups is 2. The van der Waals surface area contributed by atoms with E-state index >= 15 is 0 Å². The van der Waals surface area contributed by atoms with Crippen molar-refractivity contribution in [2.75, 3.05) is 48.3 Å². The molecular formula is C41H42N12O5S. The van der Waals surface area contributed by atoms with Crippen molar-refractivity contribution in [2.24, 2.45) is 0 Å². The lowest BCUT2D eigenvalue weighted by molar-refractivity contribution is -0.136. The molecule has 2 fully saturated rings. The number of anilines is 3. The third-order valence-electron chi connectivity index (χ3n) is 10.6. The van der Waals surface area contributed by atoms with Crippen molar-refractivity contribution in [3.8, 4) is 28.0 Å². The number of hydrogen-bond acceptors (Lipinski definition) is 14. The zero-order valence-electron chi connectivity index (χ0n) is 32.6. The normalized spacial score (nSPS) is 16.8. The summed E-state index contributed by atoms with van der Waals surface area (Å²) >= 11 is 1.49. The molecule has 302 valence electrons. The summed E-state index contributed by atoms with van der Waals surface area (Å²) in [6.07, 6.45) is 6.38. The molecule has 0 radical (unpaired) electrons. The standard InChI is InChI=1S/C41H42N12O5S/c1-24(2)46-31-20-32(33-10-8-27-18-25(21-42)22-45-53(27)33)44-23-30(31)38-48-49-41(59-38)51-16-14-50(15-17-51)36(55)6-4-3-5-13-43-26-7-9-28-29(19-26)40(58)52(39(28)57)34-11-12-35(54)47-37(34)56/h7-10,18-20,22-24,34,43H,3-6,11-17H2,1-2H3,(H,44,46)(H,47,54,56). The van der Waals surface area contributed by atoms with Gasteiger partial charge in [0.05, 0.1) is 45.4 Å². The molecule has 5 aromatic rings. The number of nitrogens with zero attached hydrogens (tertiary/aromatic N) is 9. The summed E-state index contributed by atoms with van der Waals surface area (Å²) in [7, 11) is 0. The number of rotatable bonds is 13. The monoisotopic (exact) mass is 814 g/mol. The average molecular weight is 815 g/mol. The second kappa shape index (κ2) is 16.6. The Balaban J connectivity index is 0.794. The quantitative estimate of drug-likeness (QED) is 0.112. The number of benzene rings is 1. The van der Waals surface area contributed by atoms with E-state index < -0.39 is 29.7 Å². The largest absolute Gasteiger partial charge is 0.385 e. The maximum Gasteiger partial charge on any atom is 0.262 e. The zero-order valence-corrected chi connectivity index (χ0v) is 33.4. The molecule has 17 nitrogen and oxygen atoms in total. The topological polar surface area (TPSA) is 211 Å². The lowest BCUT2D eigenvalue weighted by atomic mass is 10.0. The third kappa shape index (κ3) is 8.06. The van der Waals surface area contributed by atoms with Crippen molar-refractivity contribution < 1.29 is 24.0 Å². The molecule has 0 aliphatic carbocycles. The van der Waals surface area contributed by atoms with Gasteiger partial charge < -0.3 is 20.4 Å². The van der Waals surface area contributed by atoms with Crippen LogP contribution in [0.4, 0.5) is 16.5 Å². The number of pyridine rings is 1. The summed E-state index contributed by atoms with van der Waals surface area (Å²) in [5.74, 6) is -1.99. The van der Waals surface area contributed by atoms with Crippen molar-refractivity contribution in [3.05, 3.63) is 71.5 Å². The summed E-state index contributed by atoms with van der Waals surface area (Å²) in [5.41, 5.74) is 5.71. The summed E-state index contributed by atoms with van der Waals surface area (Å²) in [5, 5.41) is 33.3. The Hall–Kier alpha value is -6.74. The first-order valence-electron chi connectivity index (χ1n) is 19.7. The van der Waals surface area contributed by atoms with Crippen LogP contribution in [-0.4, -0.2) is 109 Å². The van der Waals surface area contributed by atoms with Gasteiger partial charge in [-0.05, 0) is 75.6 Å². The van der Waals surface area contributed by atoms with Crippen LogP contribution in [0.2, 0.25) is 0 Å². The molecule has 5 amide bonds. The number of carbonyl (C=O) groups is 5. The van der Waals surface area contributed by atoms with Gasteiger partial charge in [-0.15, -0.1) is 10.2 Å². The number of piperidine rings is 1. The van der Waals surface area contributed by atoms with Gasteiger partial charge in [0.1, 0.15) is 12.1 Å². The number of fused-ring (bicyclic) bond motifs is 2. The van der Waals surface area contributed by atoms with Crippen LogP contribution in [0.5, 0.6) is 0 Å². The van der Waals surface area contributed by atoms with E-state index in [9.17, 15) is 29.2 Å². The molecule has 18 heteroatoms. The molecule has 0 bridgehead atoms. The van der Waals surface area contributed by atoms with Crippen LogP contribution in [-0.2, 0) is 14.4 Å². The second-order valence-electron chi connectivity index (χ2n) is 15.0. The Morgan fingerprint density at radius 2 is 1.76 bits per heavy atom. The van der Waals surface area contributed by atoms with E-state index in [4.69, 9.17) is 4.98 Å². The fraction of sp³-hybridized carbons (Fsp3) is 0.366. The Labute approximate surface area is 343 Å². The van der Waals surface area contributed by atoms with Crippen molar-refractivity contribution in [1.82, 2.24) is 39.9 Å². The molecule has 1 atom stereocenters. The third-order valence-corrected chi connectivity index (χ3v) is 11.6. The summed E-state index contributed by atoms with van der Waals surface area (Å²) in [6, 6.07) is 13.9. The number of carbonyl (C=O) groups excluding carboxylic acids is 5. The van der Waals surface area contributed by atoms with E-state index in [0.29, 0.717) is 50.4 Å². The SMILES string of the molecule is CC(C)Nc1cc(-c2ccc3cc(C#N)cnn23)ncc1-c1nnc(N2CCN(C(=O)CCCCCNc3ccc4c(c3)C(=O)N(C3CCC(=O)NC3=O)C4=O)CC2)s1. The predicted molar refractivity (Wildman–Crippen MR) is 220 cm³/mol. The summed E-state index contributed by atoms with van der Waals surface area (Å²) in [6.45, 7) is 7.27. The summed E-state index contributed by atoms with van der Waals surface area (Å²) in [4.78, 5) is 72.9. The number of hydrogen-bond donors (Lipinski definition) is 3. The lowest BCUT2D eigenvalue weighted by Gasteiger charge is -2.34. The fourth-order valence-corrected chi connectivity index (χ4v) is 8.52. The number of nitrogens with one attached hydrogen (secondary N) is 3. The van der Waals surface area contributed by atoms with Crippen LogP contribution in [0.1, 0.15) is 78.7 Å². The minimum atomic E-state index is -0.999. The highest BCUT2D eigenvalue weighted by Crippen LogP contribution is 2.36. The molecule has 4 aromatic heterocycles. The maximum absolute atomic E-state index is 13.1. The molecule has 3 aliphatic rings. The number of amides is 5. The van der Waals surface area contributed by atoms with Crippen LogP contribution in [0.3, 0.4) is 0 Å². The van der Waals surface area contributed by atoms with Crippen LogP contribution in [0.15, 0.2) is 54.9 Å². The van der Waals surface area contributed by atoms with E-state index in [0.717, 1.165) is 62.5 Å². The predicted octanol–water partition coefficient (Wildman–Crippen LogP) is 4.33. The average Bonchev–Trinajstić information content (AvgIpc) is 3.95. The van der Waals surface area contributed by atoms with Gasteiger partial charge >= 0.3 is 0 Å². The fourth-order valence-electron chi connectivity index (χ4n) is 7.60. The van der Waals surface area contributed by atoms with Gasteiger partial charge in [-0.2, -0.15) is 10.4 Å². The van der Waals surface area contributed by atoms with Gasteiger partial charge in [0.25, 0.3) is 11.8 Å². The molecule has 8 rings (SSSR count). The van der Waals surface area contributed by atoms with E-state index in [1.165, 1.54) is 17.5 Å². The zero-order chi connectivity index (χ0) is 41.2. The van der Waals surface area contributed by atoms with E-state index in [1.807, 2.05) is 23.1 Å². The number of aromatic nitrogens is 5. The van der Waals surface area contributed by atoms with Crippen molar-refractivity contribution >= 4 is 62.9 Å². The molecule has 3 aliphatic heterocycles. The van der Waals surface area contributed by atoms with Crippen LogP contribution in [0, 0.1) is 11.3 Å².